The van der Waals surface area contributed by atoms with Crippen molar-refractivity contribution in [3.8, 4) is 0 Å². The van der Waals surface area contributed by atoms with Crippen LogP contribution in [0.1, 0.15) is 57.5 Å². The molecule has 8 nitrogen and oxygen atoms in total. The summed E-state index contributed by atoms with van der Waals surface area (Å²) in [6.45, 7) is 1.88. The molecular weight excluding hydrogens is 432 g/mol. The minimum Gasteiger partial charge on any atom is -0.339 e. The molecule has 34 heavy (non-hydrogen) atoms. The van der Waals surface area contributed by atoms with E-state index >= 15 is 0 Å². The third kappa shape index (κ3) is 3.68. The van der Waals surface area contributed by atoms with E-state index < -0.39 is 11.9 Å². The van der Waals surface area contributed by atoms with E-state index in [2.05, 4.69) is 17.4 Å². The van der Waals surface area contributed by atoms with Crippen LogP contribution in [0.4, 0.5) is 0 Å². The van der Waals surface area contributed by atoms with Gasteiger partial charge < -0.3 is 15.5 Å². The van der Waals surface area contributed by atoms with Crippen LogP contribution < -0.4 is 11.1 Å². The van der Waals surface area contributed by atoms with Crippen molar-refractivity contribution in [2.24, 2.45) is 5.73 Å². The molecule has 0 saturated carbocycles. The van der Waals surface area contributed by atoms with Gasteiger partial charge in [-0.05, 0) is 42.5 Å². The Hall–Kier alpha value is -3.52. The van der Waals surface area contributed by atoms with Gasteiger partial charge in [0.2, 0.25) is 11.8 Å². The zero-order valence-corrected chi connectivity index (χ0v) is 19.0. The average molecular weight is 461 g/mol. The summed E-state index contributed by atoms with van der Waals surface area (Å²) in [5, 5.41) is 2.31. The number of benzene rings is 2. The van der Waals surface area contributed by atoms with Crippen molar-refractivity contribution >= 4 is 23.6 Å². The van der Waals surface area contributed by atoms with Crippen molar-refractivity contribution in [3.05, 3.63) is 70.8 Å². The summed E-state index contributed by atoms with van der Waals surface area (Å²) in [6, 6.07) is 14.7. The molecule has 1 unspecified atom stereocenters. The topological polar surface area (TPSA) is 113 Å². The molecule has 4 amide bonds. The highest BCUT2D eigenvalue weighted by atomic mass is 16.2. The van der Waals surface area contributed by atoms with Crippen molar-refractivity contribution in [1.82, 2.24) is 15.1 Å². The number of amides is 4. The summed E-state index contributed by atoms with van der Waals surface area (Å²) in [7, 11) is 0. The number of hydrogen-bond donors (Lipinski definition) is 2. The molecule has 2 saturated heterocycles. The Kier molecular flexibility index (Phi) is 5.69. The first-order chi connectivity index (χ1) is 16.4. The molecule has 5 rings (SSSR count). The van der Waals surface area contributed by atoms with Gasteiger partial charge in [0.1, 0.15) is 6.04 Å². The number of imide groups is 1. The van der Waals surface area contributed by atoms with Gasteiger partial charge in [0.25, 0.3) is 11.8 Å². The molecule has 0 radical (unpaired) electrons. The van der Waals surface area contributed by atoms with Crippen LogP contribution in [0.2, 0.25) is 0 Å². The number of carbonyl (C=O) groups excluding carboxylic acids is 4. The number of rotatable bonds is 4. The van der Waals surface area contributed by atoms with Gasteiger partial charge in [0.15, 0.2) is 0 Å². The van der Waals surface area contributed by atoms with Crippen LogP contribution in [0.15, 0.2) is 48.5 Å². The van der Waals surface area contributed by atoms with Gasteiger partial charge in [-0.1, -0.05) is 36.4 Å². The molecule has 3 aliphatic heterocycles. The number of nitrogens with one attached hydrogen (secondary N) is 1. The van der Waals surface area contributed by atoms with E-state index in [0.717, 1.165) is 12.8 Å². The number of likely N-dealkylation sites (tertiary alicyclic amines) is 1. The van der Waals surface area contributed by atoms with E-state index in [1.165, 1.54) is 10.5 Å². The van der Waals surface area contributed by atoms with E-state index in [-0.39, 0.29) is 36.1 Å². The van der Waals surface area contributed by atoms with Crippen molar-refractivity contribution in [2.75, 3.05) is 19.6 Å². The van der Waals surface area contributed by atoms with Crippen LogP contribution in [-0.2, 0) is 21.5 Å². The molecule has 1 atom stereocenters. The maximum atomic E-state index is 13.5. The number of fused-ring (bicyclic) bond motifs is 1. The summed E-state index contributed by atoms with van der Waals surface area (Å²) in [5.41, 5.74) is 8.86. The van der Waals surface area contributed by atoms with Crippen LogP contribution in [-0.4, -0.2) is 59.1 Å². The van der Waals surface area contributed by atoms with E-state index in [4.69, 9.17) is 5.73 Å². The summed E-state index contributed by atoms with van der Waals surface area (Å²) < 4.78 is 0. The second-order valence-corrected chi connectivity index (χ2v) is 9.37. The molecule has 8 heteroatoms. The van der Waals surface area contributed by atoms with Crippen LogP contribution in [0.25, 0.3) is 0 Å². The number of nitrogens with two attached hydrogens (primary N) is 1. The molecule has 0 spiro atoms. The van der Waals surface area contributed by atoms with Crippen LogP contribution >= 0.6 is 0 Å². The highest BCUT2D eigenvalue weighted by Gasteiger charge is 2.42. The van der Waals surface area contributed by atoms with Crippen LogP contribution in [0.3, 0.4) is 0 Å². The highest BCUT2D eigenvalue weighted by Crippen LogP contribution is 2.36. The Morgan fingerprint density at radius 1 is 1.03 bits per heavy atom. The molecule has 0 aliphatic carbocycles. The number of carbonyl (C=O) groups is 4. The van der Waals surface area contributed by atoms with Gasteiger partial charge in [-0.3, -0.25) is 24.5 Å². The quantitative estimate of drug-likeness (QED) is 0.673. The van der Waals surface area contributed by atoms with Crippen molar-refractivity contribution < 1.29 is 19.2 Å². The highest BCUT2D eigenvalue weighted by molar-refractivity contribution is 6.07. The Balaban J connectivity index is 1.34. The van der Waals surface area contributed by atoms with E-state index in [9.17, 15) is 19.2 Å². The molecule has 176 valence electrons. The molecule has 0 bridgehead atoms. The Morgan fingerprint density at radius 3 is 2.44 bits per heavy atom. The number of nitrogens with zero attached hydrogens (tertiary/aromatic N) is 2. The minimum absolute atomic E-state index is 0.103. The molecule has 2 aromatic carbocycles. The fourth-order valence-electron chi connectivity index (χ4n) is 5.50. The molecule has 3 heterocycles. The lowest BCUT2D eigenvalue weighted by atomic mass is 9.73. The molecule has 2 fully saturated rings. The normalized spacial score (nSPS) is 21.9. The molecular formula is C26H28N4O4. The lowest BCUT2D eigenvalue weighted by Crippen LogP contribution is -2.52. The third-order valence-corrected chi connectivity index (χ3v) is 7.60. The Morgan fingerprint density at radius 2 is 1.76 bits per heavy atom. The summed E-state index contributed by atoms with van der Waals surface area (Å²) >= 11 is 0. The standard InChI is InChI=1S/C26H28N4O4/c27-16-26(17-5-2-1-3-6-17)11-13-29(14-12-26)24(33)18-7-4-8-19-20(18)15-30(25(19)34)21-9-10-22(31)28-23(21)32/h1-8,21H,9-16,27H2,(H,28,31,32). The summed E-state index contributed by atoms with van der Waals surface area (Å²) in [6.07, 6.45) is 2.03. The molecule has 0 aromatic heterocycles. The first kappa shape index (κ1) is 22.3. The smallest absolute Gasteiger partial charge is 0.255 e. The van der Waals surface area contributed by atoms with Crippen molar-refractivity contribution in [3.63, 3.8) is 0 Å². The van der Waals surface area contributed by atoms with Gasteiger partial charge in [-0.15, -0.1) is 0 Å². The fraction of sp³-hybridized carbons (Fsp3) is 0.385. The minimum atomic E-state index is -0.702. The number of piperidine rings is 2. The summed E-state index contributed by atoms with van der Waals surface area (Å²) in [5.74, 6) is -1.16. The average Bonchev–Trinajstić information content (AvgIpc) is 3.20. The Labute approximate surface area is 198 Å². The lowest BCUT2D eigenvalue weighted by Gasteiger charge is -2.41. The zero-order valence-electron chi connectivity index (χ0n) is 19.0. The first-order valence-corrected chi connectivity index (χ1v) is 11.7. The maximum absolute atomic E-state index is 13.5. The third-order valence-electron chi connectivity index (χ3n) is 7.60. The van der Waals surface area contributed by atoms with Gasteiger partial charge >= 0.3 is 0 Å². The zero-order chi connectivity index (χ0) is 23.9. The van der Waals surface area contributed by atoms with Gasteiger partial charge in [-0.25, -0.2) is 0 Å². The Bertz CT molecular complexity index is 1150. The van der Waals surface area contributed by atoms with E-state index in [0.29, 0.717) is 42.7 Å². The molecule has 2 aromatic rings. The van der Waals surface area contributed by atoms with Crippen LogP contribution in [0, 0.1) is 0 Å². The second kappa shape index (κ2) is 8.68. The monoisotopic (exact) mass is 460 g/mol. The van der Waals surface area contributed by atoms with E-state index in [1.807, 2.05) is 23.1 Å². The SMILES string of the molecule is NCC1(c2ccccc2)CCN(C(=O)c2cccc3c2CN(C2CCC(=O)NC2=O)C3=O)CC1. The predicted octanol–water partition coefficient (Wildman–Crippen LogP) is 1.58. The first-order valence-electron chi connectivity index (χ1n) is 11.7. The van der Waals surface area contributed by atoms with Gasteiger partial charge in [-0.2, -0.15) is 0 Å². The molecule has 3 N–H and O–H groups in total. The van der Waals surface area contributed by atoms with Crippen LogP contribution in [0.5, 0.6) is 0 Å². The lowest BCUT2D eigenvalue weighted by molar-refractivity contribution is -0.136. The fourth-order valence-corrected chi connectivity index (χ4v) is 5.50. The van der Waals surface area contributed by atoms with Gasteiger partial charge in [0, 0.05) is 49.1 Å². The predicted molar refractivity (Wildman–Crippen MR) is 125 cm³/mol. The maximum Gasteiger partial charge on any atom is 0.255 e. The molecule has 3 aliphatic rings. The van der Waals surface area contributed by atoms with Crippen molar-refractivity contribution in [2.45, 2.75) is 43.7 Å². The summed E-state index contributed by atoms with van der Waals surface area (Å²) in [4.78, 5) is 53.8. The van der Waals surface area contributed by atoms with E-state index in [1.54, 1.807) is 18.2 Å². The second-order valence-electron chi connectivity index (χ2n) is 9.37. The number of hydrogen-bond acceptors (Lipinski definition) is 5. The van der Waals surface area contributed by atoms with Gasteiger partial charge in [0.05, 0.1) is 0 Å². The largest absolute Gasteiger partial charge is 0.339 e. The van der Waals surface area contributed by atoms with Crippen molar-refractivity contribution in [1.29, 1.82) is 0 Å².